The number of nitrogens with zero attached hydrogens (tertiary/aromatic N) is 6. The van der Waals surface area contributed by atoms with E-state index >= 15 is 0 Å². The van der Waals surface area contributed by atoms with Crippen LogP contribution in [0.1, 0.15) is 113 Å². The summed E-state index contributed by atoms with van der Waals surface area (Å²) in [4.78, 5) is 33.8. The fourth-order valence-electron chi connectivity index (χ4n) is 8.35. The number of alkyl halides is 2. The number of likely N-dealkylation sites (tertiary alicyclic amines) is 2. The minimum Gasteiger partial charge on any atom is -0.443 e. The highest BCUT2D eigenvalue weighted by atomic mass is 32.1. The molecule has 0 bridgehead atoms. The first kappa shape index (κ1) is 41.8. The molecule has 4 aliphatic rings. The zero-order valence-corrected chi connectivity index (χ0v) is 36.1. The number of benzene rings is 2. The SMILES string of the molecule is C[C@H]1CC=C(c2ccc3sc(C4CCN(CCF)CC4)nc3c2)N(C(=O)OC(C)(C)C)C1.C[C@H]1CCC(c2ccc3sc(C4CCN(CCF)CC4)nc3c2)=NC1. The van der Waals surface area contributed by atoms with Crippen LogP contribution < -0.4 is 0 Å². The summed E-state index contributed by atoms with van der Waals surface area (Å²) < 4.78 is 33.2. The zero-order valence-electron chi connectivity index (χ0n) is 34.4. The lowest BCUT2D eigenvalue weighted by Crippen LogP contribution is -2.39. The van der Waals surface area contributed by atoms with Gasteiger partial charge in [0.05, 0.1) is 36.1 Å². The van der Waals surface area contributed by atoms with Crippen molar-refractivity contribution in [3.8, 4) is 0 Å². The maximum Gasteiger partial charge on any atom is 0.414 e. The van der Waals surface area contributed by atoms with Gasteiger partial charge in [-0.15, -0.1) is 22.7 Å². The first-order valence-corrected chi connectivity index (χ1v) is 22.7. The van der Waals surface area contributed by atoms with Crippen molar-refractivity contribution in [3.63, 3.8) is 0 Å². The third kappa shape index (κ3) is 10.7. The first-order valence-electron chi connectivity index (χ1n) is 21.1. The maximum atomic E-state index is 12.9. The first-order chi connectivity index (χ1) is 27.5. The number of ether oxygens (including phenoxy) is 1. The number of rotatable bonds is 8. The van der Waals surface area contributed by atoms with Crippen molar-refractivity contribution in [1.82, 2.24) is 24.7 Å². The number of allylic oxidation sites excluding steroid dienone is 1. The Morgan fingerprint density at radius 3 is 1.84 bits per heavy atom. The third-order valence-corrected chi connectivity index (χ3v) is 14.1. The van der Waals surface area contributed by atoms with E-state index < -0.39 is 5.60 Å². The lowest BCUT2D eigenvalue weighted by molar-refractivity contribution is 0.0327. The van der Waals surface area contributed by atoms with Gasteiger partial charge in [-0.05, 0) is 134 Å². The summed E-state index contributed by atoms with van der Waals surface area (Å²) >= 11 is 3.59. The molecule has 0 N–H and O–H groups in total. The maximum absolute atomic E-state index is 12.9. The van der Waals surface area contributed by atoms with E-state index in [-0.39, 0.29) is 19.4 Å². The van der Waals surface area contributed by atoms with Gasteiger partial charge in [-0.2, -0.15) is 0 Å². The molecule has 6 heterocycles. The van der Waals surface area contributed by atoms with Crippen LogP contribution in [0.2, 0.25) is 0 Å². The number of hydrogen-bond acceptors (Lipinski definition) is 9. The van der Waals surface area contributed by atoms with Crippen LogP contribution in [0, 0.1) is 11.8 Å². The Morgan fingerprint density at radius 2 is 1.33 bits per heavy atom. The number of aliphatic imine (C=N–C) groups is 1. The van der Waals surface area contributed by atoms with Gasteiger partial charge in [-0.1, -0.05) is 32.1 Å². The van der Waals surface area contributed by atoms with Gasteiger partial charge in [0.25, 0.3) is 0 Å². The molecule has 2 aromatic heterocycles. The molecule has 12 heteroatoms. The van der Waals surface area contributed by atoms with Gasteiger partial charge in [-0.3, -0.25) is 9.89 Å². The minimum atomic E-state index is -0.531. The number of carbonyl (C=O) groups is 1. The highest BCUT2D eigenvalue weighted by molar-refractivity contribution is 7.19. The van der Waals surface area contributed by atoms with Crippen LogP contribution in [0.5, 0.6) is 0 Å². The second kappa shape index (κ2) is 18.7. The molecule has 0 unspecified atom stereocenters. The van der Waals surface area contributed by atoms with E-state index in [0.717, 1.165) is 93.5 Å². The van der Waals surface area contributed by atoms with E-state index in [2.05, 4.69) is 66.1 Å². The Labute approximate surface area is 345 Å². The van der Waals surface area contributed by atoms with E-state index in [9.17, 15) is 13.6 Å². The van der Waals surface area contributed by atoms with Crippen molar-refractivity contribution in [2.75, 3.05) is 65.7 Å². The van der Waals surface area contributed by atoms with E-state index in [1.807, 2.05) is 32.1 Å². The average molecular weight is 819 g/mol. The topological polar surface area (TPSA) is 74.2 Å². The smallest absolute Gasteiger partial charge is 0.414 e. The number of hydrogen-bond donors (Lipinski definition) is 0. The van der Waals surface area contributed by atoms with Gasteiger partial charge in [-0.25, -0.2) is 23.5 Å². The fraction of sp³-hybridized carbons (Fsp3) is 0.600. The van der Waals surface area contributed by atoms with Crippen LogP contribution in [0.25, 0.3) is 26.1 Å². The second-order valence-electron chi connectivity index (χ2n) is 17.5. The van der Waals surface area contributed by atoms with Gasteiger partial charge in [0.1, 0.15) is 19.0 Å². The van der Waals surface area contributed by atoms with Crippen LogP contribution in [0.3, 0.4) is 0 Å². The Kier molecular flexibility index (Phi) is 13.7. The molecule has 2 aromatic carbocycles. The van der Waals surface area contributed by atoms with Crippen molar-refractivity contribution in [3.05, 3.63) is 63.6 Å². The lowest BCUT2D eigenvalue weighted by Gasteiger charge is -2.33. The van der Waals surface area contributed by atoms with Crippen LogP contribution in [-0.2, 0) is 4.74 Å². The molecular weight excluding hydrogens is 759 g/mol. The quantitative estimate of drug-likeness (QED) is 0.176. The van der Waals surface area contributed by atoms with E-state index in [1.54, 1.807) is 16.2 Å². The molecule has 0 spiro atoms. The zero-order chi connectivity index (χ0) is 40.1. The van der Waals surface area contributed by atoms with Crippen LogP contribution in [-0.4, -0.2) is 108 Å². The van der Waals surface area contributed by atoms with E-state index in [1.165, 1.54) is 37.1 Å². The van der Waals surface area contributed by atoms with Crippen molar-refractivity contribution < 1.29 is 18.3 Å². The van der Waals surface area contributed by atoms with E-state index in [0.29, 0.717) is 43.3 Å². The Balaban J connectivity index is 0.000000179. The van der Waals surface area contributed by atoms with Crippen LogP contribution >= 0.6 is 22.7 Å². The van der Waals surface area contributed by atoms with Gasteiger partial charge in [0, 0.05) is 49.3 Å². The molecule has 8 nitrogen and oxygen atoms in total. The number of halogens is 2. The number of aromatic nitrogens is 2. The van der Waals surface area contributed by atoms with Crippen molar-refractivity contribution in [2.45, 2.75) is 97.0 Å². The predicted octanol–water partition coefficient (Wildman–Crippen LogP) is 10.7. The van der Waals surface area contributed by atoms with E-state index in [4.69, 9.17) is 19.7 Å². The lowest BCUT2D eigenvalue weighted by atomic mass is 9.96. The molecule has 2 fully saturated rings. The summed E-state index contributed by atoms with van der Waals surface area (Å²) in [5, 5.41) is 2.43. The van der Waals surface area contributed by atoms with Gasteiger partial charge in [0.2, 0.25) is 0 Å². The molecule has 308 valence electrons. The van der Waals surface area contributed by atoms with Crippen LogP contribution in [0.4, 0.5) is 13.6 Å². The van der Waals surface area contributed by atoms with Crippen molar-refractivity contribution in [1.29, 1.82) is 0 Å². The van der Waals surface area contributed by atoms with Crippen molar-refractivity contribution >= 4 is 60.6 Å². The summed E-state index contributed by atoms with van der Waals surface area (Å²) in [5.41, 5.74) is 5.97. The second-order valence-corrected chi connectivity index (χ2v) is 19.7. The highest BCUT2D eigenvalue weighted by Crippen LogP contribution is 2.37. The Hall–Kier alpha value is -3.32. The summed E-state index contributed by atoms with van der Waals surface area (Å²) in [6, 6.07) is 13.0. The standard InChI is InChI=1S/C25H34FN3O2S.C20H26FN3S/c1-17-5-7-21(29(16-17)24(30)31-25(2,3)4)19-6-8-22-20(15-19)27-23(32-22)18-9-12-28(13-10-18)14-11-26;1-14-2-4-17(22-13-14)16-3-5-19-18(12-16)23-20(25-19)15-6-9-24(10-7-15)11-8-21/h6-8,15,17-18H,5,9-14,16H2,1-4H3;3,5,12,14-15H,2,4,6-11,13H2,1H3/t17-;14-/m00/s1. The molecule has 4 aromatic rings. The fourth-order valence-corrected chi connectivity index (χ4v) is 10.6. The number of amides is 1. The highest BCUT2D eigenvalue weighted by Gasteiger charge is 2.30. The molecule has 8 rings (SSSR count). The number of carbonyl (C=O) groups excluding carboxylic acids is 1. The number of thiazole rings is 2. The van der Waals surface area contributed by atoms with Gasteiger partial charge in [0.15, 0.2) is 0 Å². The largest absolute Gasteiger partial charge is 0.443 e. The van der Waals surface area contributed by atoms with Crippen molar-refractivity contribution in [2.24, 2.45) is 16.8 Å². The predicted molar refractivity (Wildman–Crippen MR) is 233 cm³/mol. The normalized spacial score (nSPS) is 22.0. The Morgan fingerprint density at radius 1 is 0.789 bits per heavy atom. The number of fused-ring (bicyclic) bond motifs is 2. The summed E-state index contributed by atoms with van der Waals surface area (Å²) in [6.07, 6.45) is 9.35. The molecule has 2 atom stereocenters. The minimum absolute atomic E-state index is 0.239. The van der Waals surface area contributed by atoms with Gasteiger partial charge >= 0.3 is 6.09 Å². The summed E-state index contributed by atoms with van der Waals surface area (Å²) in [7, 11) is 0. The molecule has 0 saturated carbocycles. The van der Waals surface area contributed by atoms with Gasteiger partial charge < -0.3 is 14.5 Å². The molecule has 57 heavy (non-hydrogen) atoms. The molecule has 0 aliphatic carbocycles. The summed E-state index contributed by atoms with van der Waals surface area (Å²) in [6.45, 7) is 16.2. The molecule has 2 saturated heterocycles. The molecule has 4 aliphatic heterocycles. The average Bonchev–Trinajstić information content (AvgIpc) is 3.83. The molecule has 0 radical (unpaired) electrons. The third-order valence-electron chi connectivity index (χ3n) is 11.7. The van der Waals surface area contributed by atoms with Crippen LogP contribution in [0.15, 0.2) is 47.5 Å². The molecule has 1 amide bonds. The molecular formula is C45H60F2N6O2S2. The number of piperidine rings is 2. The monoisotopic (exact) mass is 818 g/mol. The Bertz CT molecular complexity index is 2040. The summed E-state index contributed by atoms with van der Waals surface area (Å²) in [5.74, 6) is 2.08.